The quantitative estimate of drug-likeness (QED) is 0.676. The van der Waals surface area contributed by atoms with E-state index in [0.29, 0.717) is 27.4 Å². The lowest BCUT2D eigenvalue weighted by Crippen LogP contribution is -2.30. The number of amides is 1. The largest absolute Gasteiger partial charge is 0.352 e. The molecule has 20 heavy (non-hydrogen) atoms. The van der Waals surface area contributed by atoms with Gasteiger partial charge >= 0.3 is 0 Å². The molecule has 8 heteroatoms. The lowest BCUT2D eigenvalue weighted by molar-refractivity contribution is -0.120. The second kappa shape index (κ2) is 6.47. The second-order valence-electron chi connectivity index (χ2n) is 3.98. The number of nitrogens with one attached hydrogen (secondary N) is 1. The van der Waals surface area contributed by atoms with Gasteiger partial charge < -0.3 is 5.32 Å². The molecule has 0 aliphatic carbocycles. The van der Waals surface area contributed by atoms with Gasteiger partial charge in [-0.3, -0.25) is 9.20 Å². The molecule has 1 amide bonds. The van der Waals surface area contributed by atoms with E-state index in [1.54, 1.807) is 29.7 Å². The zero-order valence-electron chi connectivity index (χ0n) is 10.6. The predicted octanol–water partition coefficient (Wildman–Crippen LogP) is 2.82. The number of nitrogens with zero attached hydrogens (tertiary/aromatic N) is 3. The van der Waals surface area contributed by atoms with E-state index < -0.39 is 0 Å². The maximum Gasteiger partial charge on any atom is 0.233 e. The molecule has 1 atom stereocenters. The fourth-order valence-corrected chi connectivity index (χ4v) is 2.87. The van der Waals surface area contributed by atoms with Crippen molar-refractivity contribution in [2.45, 2.75) is 17.3 Å². The van der Waals surface area contributed by atoms with Gasteiger partial charge in [0.05, 0.1) is 15.3 Å². The fraction of sp³-hybridized carbons (Fsp3) is 0.250. The third-order valence-electron chi connectivity index (χ3n) is 2.47. The van der Waals surface area contributed by atoms with Gasteiger partial charge in [0.15, 0.2) is 10.8 Å². The SMILES string of the molecule is C=CCNC(=O)[C@@H](C)Sc1nnc2c(Cl)cc(Cl)cn12. The van der Waals surface area contributed by atoms with Gasteiger partial charge in [0.25, 0.3) is 0 Å². The number of rotatable bonds is 5. The summed E-state index contributed by atoms with van der Waals surface area (Å²) in [5, 5.41) is 11.9. The minimum absolute atomic E-state index is 0.0974. The Morgan fingerprint density at radius 1 is 1.60 bits per heavy atom. The van der Waals surface area contributed by atoms with E-state index in [4.69, 9.17) is 23.2 Å². The van der Waals surface area contributed by atoms with Crippen LogP contribution < -0.4 is 5.32 Å². The van der Waals surface area contributed by atoms with Crippen molar-refractivity contribution >= 4 is 46.5 Å². The molecule has 0 aromatic carbocycles. The molecule has 0 radical (unpaired) electrons. The molecule has 1 N–H and O–H groups in total. The maximum atomic E-state index is 11.8. The first-order chi connectivity index (χ1) is 9.52. The number of carbonyl (C=O) groups excluding carboxylic acids is 1. The average Bonchev–Trinajstić information content (AvgIpc) is 2.79. The van der Waals surface area contributed by atoms with E-state index in [9.17, 15) is 4.79 Å². The van der Waals surface area contributed by atoms with Crippen molar-refractivity contribution < 1.29 is 4.79 Å². The van der Waals surface area contributed by atoms with Gasteiger partial charge in [-0.05, 0) is 13.0 Å². The summed E-state index contributed by atoms with van der Waals surface area (Å²) in [6, 6.07) is 1.60. The summed E-state index contributed by atoms with van der Waals surface area (Å²) in [5.74, 6) is -0.0974. The lowest BCUT2D eigenvalue weighted by atomic mass is 10.4. The molecule has 2 rings (SSSR count). The van der Waals surface area contributed by atoms with Crippen LogP contribution in [0.5, 0.6) is 0 Å². The molecule has 5 nitrogen and oxygen atoms in total. The van der Waals surface area contributed by atoms with Crippen molar-refractivity contribution in [1.29, 1.82) is 0 Å². The second-order valence-corrected chi connectivity index (χ2v) is 6.13. The summed E-state index contributed by atoms with van der Waals surface area (Å²) in [5.41, 5.74) is 0.511. The van der Waals surface area contributed by atoms with Crippen LogP contribution in [-0.2, 0) is 4.79 Å². The Morgan fingerprint density at radius 2 is 2.35 bits per heavy atom. The number of hydrogen-bond donors (Lipinski definition) is 1. The molecule has 0 saturated carbocycles. The average molecular weight is 331 g/mol. The number of halogens is 2. The van der Waals surface area contributed by atoms with Crippen LogP contribution in [0.4, 0.5) is 0 Å². The highest BCUT2D eigenvalue weighted by molar-refractivity contribution is 8.00. The number of carbonyl (C=O) groups is 1. The highest BCUT2D eigenvalue weighted by Gasteiger charge is 2.18. The van der Waals surface area contributed by atoms with Crippen LogP contribution in [-0.4, -0.2) is 32.3 Å². The molecule has 0 bridgehead atoms. The summed E-state index contributed by atoms with van der Waals surface area (Å²) in [4.78, 5) is 11.8. The zero-order valence-corrected chi connectivity index (χ0v) is 13.0. The van der Waals surface area contributed by atoms with Gasteiger partial charge in [-0.1, -0.05) is 41.0 Å². The molecule has 2 aromatic rings. The Balaban J connectivity index is 2.21. The molecule has 0 aliphatic heterocycles. The minimum Gasteiger partial charge on any atom is -0.352 e. The molecular weight excluding hydrogens is 319 g/mol. The third kappa shape index (κ3) is 3.26. The summed E-state index contributed by atoms with van der Waals surface area (Å²) in [6.45, 7) is 5.77. The van der Waals surface area contributed by atoms with Crippen LogP contribution in [0.3, 0.4) is 0 Å². The van der Waals surface area contributed by atoms with Gasteiger partial charge in [0, 0.05) is 12.7 Å². The Bertz CT molecular complexity index is 658. The molecular formula is C12H12Cl2N4OS. The summed E-state index contributed by atoms with van der Waals surface area (Å²) in [6.07, 6.45) is 3.29. The normalized spacial score (nSPS) is 12.3. The number of pyridine rings is 1. The number of hydrogen-bond acceptors (Lipinski definition) is 4. The molecule has 0 aliphatic rings. The van der Waals surface area contributed by atoms with Crippen LogP contribution in [0.25, 0.3) is 5.65 Å². The first kappa shape index (κ1) is 15.2. The van der Waals surface area contributed by atoms with E-state index >= 15 is 0 Å². The Labute approximate surface area is 130 Å². The highest BCUT2D eigenvalue weighted by Crippen LogP contribution is 2.27. The predicted molar refractivity (Wildman–Crippen MR) is 81.5 cm³/mol. The molecule has 2 aromatic heterocycles. The minimum atomic E-state index is -0.319. The van der Waals surface area contributed by atoms with Crippen LogP contribution in [0, 0.1) is 0 Å². The Hall–Kier alpha value is -1.24. The van der Waals surface area contributed by atoms with Crippen molar-refractivity contribution in [3.63, 3.8) is 0 Å². The van der Waals surface area contributed by atoms with E-state index in [0.717, 1.165) is 0 Å². The number of thioether (sulfide) groups is 1. The van der Waals surface area contributed by atoms with E-state index in [1.165, 1.54) is 11.8 Å². The topological polar surface area (TPSA) is 59.3 Å². The van der Waals surface area contributed by atoms with Crippen LogP contribution in [0.15, 0.2) is 30.1 Å². The molecule has 0 unspecified atom stereocenters. The number of fused-ring (bicyclic) bond motifs is 1. The Morgan fingerprint density at radius 3 is 3.05 bits per heavy atom. The van der Waals surface area contributed by atoms with Crippen LogP contribution in [0.1, 0.15) is 6.92 Å². The molecule has 0 fully saturated rings. The van der Waals surface area contributed by atoms with Gasteiger partial charge in [-0.2, -0.15) is 0 Å². The highest BCUT2D eigenvalue weighted by atomic mass is 35.5. The first-order valence-electron chi connectivity index (χ1n) is 5.78. The maximum absolute atomic E-state index is 11.8. The summed E-state index contributed by atoms with van der Waals surface area (Å²) < 4.78 is 1.67. The molecule has 106 valence electrons. The molecule has 0 saturated heterocycles. The van der Waals surface area contributed by atoms with Crippen molar-refractivity contribution in [2.75, 3.05) is 6.54 Å². The van der Waals surface area contributed by atoms with E-state index in [2.05, 4.69) is 22.1 Å². The molecule has 0 spiro atoms. The standard InChI is InChI=1S/C12H12Cl2N4OS/c1-3-4-15-11(19)7(2)20-12-17-16-10-9(14)5-8(13)6-18(10)12/h3,5-7H,1,4H2,2H3,(H,15,19)/t7-/m1/s1. The zero-order chi connectivity index (χ0) is 14.7. The summed E-state index contributed by atoms with van der Waals surface area (Å²) >= 11 is 13.3. The number of aromatic nitrogens is 3. The van der Waals surface area contributed by atoms with E-state index in [1.807, 2.05) is 0 Å². The third-order valence-corrected chi connectivity index (χ3v) is 4.01. The van der Waals surface area contributed by atoms with Crippen LogP contribution in [0.2, 0.25) is 10.0 Å². The monoisotopic (exact) mass is 330 g/mol. The molecule has 2 heterocycles. The first-order valence-corrected chi connectivity index (χ1v) is 7.41. The van der Waals surface area contributed by atoms with Crippen molar-refractivity contribution in [3.05, 3.63) is 35.0 Å². The van der Waals surface area contributed by atoms with Crippen molar-refractivity contribution in [3.8, 4) is 0 Å². The van der Waals surface area contributed by atoms with Gasteiger partial charge in [-0.25, -0.2) is 0 Å². The Kier molecular flexibility index (Phi) is 4.91. The van der Waals surface area contributed by atoms with E-state index in [-0.39, 0.29) is 11.2 Å². The van der Waals surface area contributed by atoms with Crippen LogP contribution >= 0.6 is 35.0 Å². The fourth-order valence-electron chi connectivity index (χ4n) is 1.51. The van der Waals surface area contributed by atoms with Crippen molar-refractivity contribution in [1.82, 2.24) is 19.9 Å². The van der Waals surface area contributed by atoms with Gasteiger partial charge in [0.1, 0.15) is 0 Å². The lowest BCUT2D eigenvalue weighted by Gasteiger charge is -2.09. The smallest absolute Gasteiger partial charge is 0.233 e. The van der Waals surface area contributed by atoms with Crippen molar-refractivity contribution in [2.24, 2.45) is 0 Å². The van der Waals surface area contributed by atoms with Gasteiger partial charge in [-0.15, -0.1) is 16.8 Å². The van der Waals surface area contributed by atoms with Gasteiger partial charge in [0.2, 0.25) is 5.91 Å². The summed E-state index contributed by atoms with van der Waals surface area (Å²) in [7, 11) is 0.